The fourth-order valence-corrected chi connectivity index (χ4v) is 2.32. The second-order valence-electron chi connectivity index (χ2n) is 5.10. The van der Waals surface area contributed by atoms with E-state index in [-0.39, 0.29) is 5.91 Å². The molecule has 2 rings (SSSR count). The SMILES string of the molecule is CCN(CC(=O)Nc1ccccc1OC)c1cccc(C)c1. The van der Waals surface area contributed by atoms with Gasteiger partial charge in [-0.3, -0.25) is 4.79 Å². The van der Waals surface area contributed by atoms with Gasteiger partial charge >= 0.3 is 0 Å². The van der Waals surface area contributed by atoms with Gasteiger partial charge < -0.3 is 15.0 Å². The molecule has 4 heteroatoms. The summed E-state index contributed by atoms with van der Waals surface area (Å²) in [5.74, 6) is 0.599. The number of anilines is 2. The van der Waals surface area contributed by atoms with Gasteiger partial charge in [-0.25, -0.2) is 0 Å². The number of carbonyl (C=O) groups is 1. The van der Waals surface area contributed by atoms with Crippen LogP contribution in [0.1, 0.15) is 12.5 Å². The van der Waals surface area contributed by atoms with Crippen LogP contribution in [0.5, 0.6) is 5.75 Å². The lowest BCUT2D eigenvalue weighted by Crippen LogP contribution is -2.33. The summed E-state index contributed by atoms with van der Waals surface area (Å²) in [5.41, 5.74) is 2.93. The van der Waals surface area contributed by atoms with E-state index >= 15 is 0 Å². The summed E-state index contributed by atoms with van der Waals surface area (Å²) in [6.45, 7) is 5.16. The third-order valence-electron chi connectivity index (χ3n) is 3.46. The normalized spacial score (nSPS) is 10.1. The van der Waals surface area contributed by atoms with Crippen LogP contribution >= 0.6 is 0 Å². The van der Waals surface area contributed by atoms with E-state index in [1.807, 2.05) is 61.2 Å². The van der Waals surface area contributed by atoms with Crippen LogP contribution in [0.25, 0.3) is 0 Å². The first kappa shape index (κ1) is 15.9. The average Bonchev–Trinajstić information content (AvgIpc) is 2.53. The Hall–Kier alpha value is -2.49. The zero-order chi connectivity index (χ0) is 15.9. The fourth-order valence-electron chi connectivity index (χ4n) is 2.32. The Morgan fingerprint density at radius 2 is 1.95 bits per heavy atom. The molecule has 116 valence electrons. The molecule has 2 aromatic rings. The minimum atomic E-state index is -0.0622. The highest BCUT2D eigenvalue weighted by atomic mass is 16.5. The first-order valence-corrected chi connectivity index (χ1v) is 7.38. The molecule has 0 unspecified atom stereocenters. The Labute approximate surface area is 131 Å². The zero-order valence-corrected chi connectivity index (χ0v) is 13.3. The van der Waals surface area contributed by atoms with E-state index in [1.165, 1.54) is 5.56 Å². The van der Waals surface area contributed by atoms with Crippen molar-refractivity contribution in [2.45, 2.75) is 13.8 Å². The predicted molar refractivity (Wildman–Crippen MR) is 90.7 cm³/mol. The van der Waals surface area contributed by atoms with Crippen LogP contribution in [-0.4, -0.2) is 26.1 Å². The van der Waals surface area contributed by atoms with Gasteiger partial charge in [-0.2, -0.15) is 0 Å². The van der Waals surface area contributed by atoms with Crippen molar-refractivity contribution in [1.29, 1.82) is 0 Å². The van der Waals surface area contributed by atoms with Gasteiger partial charge in [-0.15, -0.1) is 0 Å². The van der Waals surface area contributed by atoms with Crippen molar-refractivity contribution < 1.29 is 9.53 Å². The maximum absolute atomic E-state index is 12.3. The molecule has 2 aromatic carbocycles. The number of benzene rings is 2. The lowest BCUT2D eigenvalue weighted by atomic mass is 10.2. The monoisotopic (exact) mass is 298 g/mol. The van der Waals surface area contributed by atoms with Crippen molar-refractivity contribution >= 4 is 17.3 Å². The molecule has 4 nitrogen and oxygen atoms in total. The van der Waals surface area contributed by atoms with Gasteiger partial charge in [0.2, 0.25) is 5.91 Å². The van der Waals surface area contributed by atoms with Gasteiger partial charge in [0.1, 0.15) is 5.75 Å². The van der Waals surface area contributed by atoms with E-state index < -0.39 is 0 Å². The van der Waals surface area contributed by atoms with E-state index in [2.05, 4.69) is 11.4 Å². The van der Waals surface area contributed by atoms with Gasteiger partial charge in [-0.05, 0) is 43.7 Å². The number of nitrogens with zero attached hydrogens (tertiary/aromatic N) is 1. The number of amides is 1. The second kappa shape index (κ2) is 7.50. The Morgan fingerprint density at radius 3 is 2.64 bits per heavy atom. The molecule has 0 aliphatic heterocycles. The van der Waals surface area contributed by atoms with E-state index in [9.17, 15) is 4.79 Å². The van der Waals surface area contributed by atoms with E-state index in [0.717, 1.165) is 12.2 Å². The van der Waals surface area contributed by atoms with Gasteiger partial charge in [-0.1, -0.05) is 24.3 Å². The number of likely N-dealkylation sites (N-methyl/N-ethyl adjacent to an activating group) is 1. The third kappa shape index (κ3) is 4.01. The molecule has 0 aliphatic carbocycles. The molecule has 0 fully saturated rings. The van der Waals surface area contributed by atoms with Crippen molar-refractivity contribution in [3.05, 3.63) is 54.1 Å². The predicted octanol–water partition coefficient (Wildman–Crippen LogP) is 3.47. The molecule has 0 spiro atoms. The summed E-state index contributed by atoms with van der Waals surface area (Å²) < 4.78 is 5.25. The summed E-state index contributed by atoms with van der Waals surface area (Å²) in [5, 5.41) is 2.91. The molecule has 22 heavy (non-hydrogen) atoms. The largest absolute Gasteiger partial charge is 0.495 e. The summed E-state index contributed by atoms with van der Waals surface area (Å²) in [6.07, 6.45) is 0. The average molecular weight is 298 g/mol. The Kier molecular flexibility index (Phi) is 5.42. The quantitative estimate of drug-likeness (QED) is 0.888. The van der Waals surface area contributed by atoms with Crippen LogP contribution in [0.2, 0.25) is 0 Å². The molecule has 0 aliphatic rings. The van der Waals surface area contributed by atoms with Gasteiger partial charge in [0.05, 0.1) is 19.3 Å². The van der Waals surface area contributed by atoms with E-state index in [4.69, 9.17) is 4.74 Å². The van der Waals surface area contributed by atoms with Gasteiger partial charge in [0.15, 0.2) is 0 Å². The smallest absolute Gasteiger partial charge is 0.243 e. The highest BCUT2D eigenvalue weighted by molar-refractivity contribution is 5.95. The number of methoxy groups -OCH3 is 1. The number of ether oxygens (including phenoxy) is 1. The first-order chi connectivity index (χ1) is 10.6. The number of nitrogens with one attached hydrogen (secondary N) is 1. The highest BCUT2D eigenvalue weighted by Crippen LogP contribution is 2.23. The van der Waals surface area contributed by atoms with Crippen LogP contribution in [-0.2, 0) is 4.79 Å². The standard InChI is InChI=1S/C18H22N2O2/c1-4-20(15-9-7-8-14(2)12-15)13-18(21)19-16-10-5-6-11-17(16)22-3/h5-12H,4,13H2,1-3H3,(H,19,21). The fraction of sp³-hybridized carbons (Fsp3) is 0.278. The summed E-state index contributed by atoms with van der Waals surface area (Å²) in [7, 11) is 1.59. The number of para-hydroxylation sites is 2. The topological polar surface area (TPSA) is 41.6 Å². The summed E-state index contributed by atoms with van der Waals surface area (Å²) in [6, 6.07) is 15.6. The van der Waals surface area contributed by atoms with Crippen molar-refractivity contribution in [3.63, 3.8) is 0 Å². The lowest BCUT2D eigenvalue weighted by molar-refractivity contribution is -0.115. The van der Waals surface area contributed by atoms with E-state index in [0.29, 0.717) is 18.0 Å². The molecular weight excluding hydrogens is 276 g/mol. The molecule has 0 saturated carbocycles. The minimum Gasteiger partial charge on any atom is -0.495 e. The molecule has 0 heterocycles. The van der Waals surface area contributed by atoms with E-state index in [1.54, 1.807) is 7.11 Å². The summed E-state index contributed by atoms with van der Waals surface area (Å²) >= 11 is 0. The van der Waals surface area contributed by atoms with Crippen LogP contribution in [0.4, 0.5) is 11.4 Å². The van der Waals surface area contributed by atoms with Crippen molar-refractivity contribution in [1.82, 2.24) is 0 Å². The zero-order valence-electron chi connectivity index (χ0n) is 13.3. The molecule has 1 amide bonds. The van der Waals surface area contributed by atoms with Crippen LogP contribution in [0.15, 0.2) is 48.5 Å². The molecule has 1 N–H and O–H groups in total. The number of carbonyl (C=O) groups excluding carboxylic acids is 1. The van der Waals surface area contributed by atoms with Crippen LogP contribution in [0, 0.1) is 6.92 Å². The maximum Gasteiger partial charge on any atom is 0.243 e. The van der Waals surface area contributed by atoms with Gasteiger partial charge in [0.25, 0.3) is 0 Å². The maximum atomic E-state index is 12.3. The molecule has 0 aromatic heterocycles. The van der Waals surface area contributed by atoms with Gasteiger partial charge in [0, 0.05) is 12.2 Å². The van der Waals surface area contributed by atoms with Crippen molar-refractivity contribution in [2.75, 3.05) is 30.4 Å². The van der Waals surface area contributed by atoms with Crippen LogP contribution < -0.4 is 15.0 Å². The lowest BCUT2D eigenvalue weighted by Gasteiger charge is -2.23. The number of hydrogen-bond acceptors (Lipinski definition) is 3. The molecule has 0 saturated heterocycles. The number of hydrogen-bond donors (Lipinski definition) is 1. The Balaban J connectivity index is 2.06. The third-order valence-corrected chi connectivity index (χ3v) is 3.46. The molecule has 0 radical (unpaired) electrons. The first-order valence-electron chi connectivity index (χ1n) is 7.38. The van der Waals surface area contributed by atoms with Crippen molar-refractivity contribution in [2.24, 2.45) is 0 Å². The molecular formula is C18H22N2O2. The Bertz CT molecular complexity index is 640. The second-order valence-corrected chi connectivity index (χ2v) is 5.10. The van der Waals surface area contributed by atoms with Crippen LogP contribution in [0.3, 0.4) is 0 Å². The number of aryl methyl sites for hydroxylation is 1. The molecule has 0 atom stereocenters. The van der Waals surface area contributed by atoms with Crippen molar-refractivity contribution in [3.8, 4) is 5.75 Å². The molecule has 0 bridgehead atoms. The highest BCUT2D eigenvalue weighted by Gasteiger charge is 2.12. The number of rotatable bonds is 6. The Morgan fingerprint density at radius 1 is 1.18 bits per heavy atom. The minimum absolute atomic E-state index is 0.0622. The summed E-state index contributed by atoms with van der Waals surface area (Å²) in [4.78, 5) is 14.3.